The number of hydrogen-bond acceptors (Lipinski definition) is 1. The molecular weight excluding hydrogens is 271 g/mol. The van der Waals surface area contributed by atoms with Crippen molar-refractivity contribution in [2.24, 2.45) is 5.41 Å². The van der Waals surface area contributed by atoms with Gasteiger partial charge in [-0.1, -0.05) is 22.9 Å². The van der Waals surface area contributed by atoms with E-state index >= 15 is 0 Å². The maximum atomic E-state index is 8.56. The Morgan fingerprint density at radius 2 is 1.83 bits per heavy atom. The highest BCUT2D eigenvalue weighted by molar-refractivity contribution is 9.09. The monoisotopic (exact) mass is 278 g/mol. The largest absolute Gasteiger partial charge is 0.503 e. The van der Waals surface area contributed by atoms with E-state index in [1.807, 2.05) is 0 Å². The van der Waals surface area contributed by atoms with Crippen molar-refractivity contribution in [3.63, 3.8) is 0 Å². The van der Waals surface area contributed by atoms with E-state index in [4.69, 9.17) is 38.2 Å². The molecule has 72 valence electrons. The molecule has 0 aromatic rings. The van der Waals surface area contributed by atoms with Gasteiger partial charge in [-0.15, -0.1) is 23.2 Å². The molecule has 0 heterocycles. The fraction of sp³-hybridized carbons (Fsp3) is 0.833. The van der Waals surface area contributed by atoms with Gasteiger partial charge in [-0.05, 0) is 6.42 Å². The fourth-order valence-corrected chi connectivity index (χ4v) is 2.31. The summed E-state index contributed by atoms with van der Waals surface area (Å²) >= 11 is 14.9. The van der Waals surface area contributed by atoms with Crippen LogP contribution in [0.5, 0.6) is 0 Å². The smallest absolute Gasteiger partial charge is 0.450 e. The van der Waals surface area contributed by atoms with E-state index in [2.05, 4.69) is 22.9 Å². The highest BCUT2D eigenvalue weighted by Crippen LogP contribution is 2.64. The normalized spacial score (nSPS) is 30.0. The molecule has 12 heavy (non-hydrogen) atoms. The summed E-state index contributed by atoms with van der Waals surface area (Å²) in [6, 6.07) is 0. The van der Waals surface area contributed by atoms with Gasteiger partial charge in [0.15, 0.2) is 0 Å². The Morgan fingerprint density at radius 1 is 1.58 bits per heavy atom. The molecule has 1 aliphatic carbocycles. The van der Waals surface area contributed by atoms with Gasteiger partial charge in [0.25, 0.3) is 0 Å². The highest BCUT2D eigenvalue weighted by atomic mass is 79.9. The topological polar surface area (TPSA) is 57.5 Å². The van der Waals surface area contributed by atoms with E-state index in [1.165, 1.54) is 0 Å². The summed E-state index contributed by atoms with van der Waals surface area (Å²) in [5, 5.41) is 14.8. The Balaban J connectivity index is 0.000000261. The van der Waals surface area contributed by atoms with Gasteiger partial charge >= 0.3 is 6.16 Å². The number of rotatable bonds is 1. The first-order valence-corrected chi connectivity index (χ1v) is 4.98. The molecule has 1 fully saturated rings. The number of hydrogen-bond donors (Lipinski definition) is 2. The third-order valence-electron chi connectivity index (χ3n) is 1.67. The molecular formula is C6H9BrCl2O3. The molecule has 0 bridgehead atoms. The molecule has 0 aliphatic heterocycles. The van der Waals surface area contributed by atoms with Gasteiger partial charge in [0.1, 0.15) is 4.33 Å². The van der Waals surface area contributed by atoms with E-state index < -0.39 is 10.5 Å². The van der Waals surface area contributed by atoms with Crippen molar-refractivity contribution < 1.29 is 15.0 Å². The molecule has 1 atom stereocenters. The summed E-state index contributed by atoms with van der Waals surface area (Å²) in [4.78, 5) is 8.56. The van der Waals surface area contributed by atoms with Crippen LogP contribution in [0.1, 0.15) is 13.3 Å². The zero-order chi connectivity index (χ0) is 9.99. The van der Waals surface area contributed by atoms with E-state index in [9.17, 15) is 0 Å². The Bertz CT molecular complexity index is 182. The first-order valence-electron chi connectivity index (χ1n) is 3.11. The molecule has 1 saturated carbocycles. The molecule has 1 unspecified atom stereocenters. The minimum absolute atomic E-state index is 0.135. The minimum Gasteiger partial charge on any atom is -0.450 e. The first kappa shape index (κ1) is 12.3. The molecule has 0 saturated heterocycles. The standard InChI is InChI=1S/C5H7BrCl2.CH2O3/c1-4(3-6)2-5(4,7)8;2-1(3)4/h2-3H2,1H3;(H2,2,3,4). The lowest BCUT2D eigenvalue weighted by Crippen LogP contribution is -2.04. The van der Waals surface area contributed by atoms with Crippen molar-refractivity contribution in [3.05, 3.63) is 0 Å². The van der Waals surface area contributed by atoms with E-state index in [-0.39, 0.29) is 5.41 Å². The van der Waals surface area contributed by atoms with Crippen LogP contribution in [-0.4, -0.2) is 26.0 Å². The third kappa shape index (κ3) is 3.37. The van der Waals surface area contributed by atoms with Crippen LogP contribution < -0.4 is 0 Å². The summed E-state index contributed by atoms with van der Waals surface area (Å²) < 4.78 is -0.448. The first-order chi connectivity index (χ1) is 5.25. The van der Waals surface area contributed by atoms with Gasteiger partial charge in [0, 0.05) is 10.7 Å². The minimum atomic E-state index is -1.83. The predicted octanol–water partition coefficient (Wildman–Crippen LogP) is 3.19. The Morgan fingerprint density at radius 3 is 1.83 bits per heavy atom. The highest BCUT2D eigenvalue weighted by Gasteiger charge is 2.61. The number of halogens is 3. The molecule has 6 heteroatoms. The van der Waals surface area contributed by atoms with Crippen molar-refractivity contribution in [3.8, 4) is 0 Å². The molecule has 2 N–H and O–H groups in total. The zero-order valence-corrected chi connectivity index (χ0v) is 9.45. The van der Waals surface area contributed by atoms with Gasteiger partial charge < -0.3 is 10.2 Å². The maximum Gasteiger partial charge on any atom is 0.503 e. The lowest BCUT2D eigenvalue weighted by molar-refractivity contribution is 0.137. The second-order valence-electron chi connectivity index (χ2n) is 2.86. The average molecular weight is 280 g/mol. The zero-order valence-electron chi connectivity index (χ0n) is 6.35. The maximum absolute atomic E-state index is 8.56. The number of carbonyl (C=O) groups is 1. The van der Waals surface area contributed by atoms with Crippen molar-refractivity contribution in [2.45, 2.75) is 17.7 Å². The second-order valence-corrected chi connectivity index (χ2v) is 4.90. The van der Waals surface area contributed by atoms with E-state index in [0.717, 1.165) is 11.8 Å². The fourth-order valence-electron chi connectivity index (χ4n) is 0.591. The second kappa shape index (κ2) is 4.03. The lowest BCUT2D eigenvalue weighted by atomic mass is 10.2. The molecule has 3 nitrogen and oxygen atoms in total. The molecule has 0 radical (unpaired) electrons. The van der Waals surface area contributed by atoms with Crippen LogP contribution in [0.4, 0.5) is 4.79 Å². The number of carboxylic acid groups (broad SMARTS) is 2. The van der Waals surface area contributed by atoms with Crippen molar-refractivity contribution in [1.82, 2.24) is 0 Å². The van der Waals surface area contributed by atoms with Crippen LogP contribution in [0, 0.1) is 5.41 Å². The summed E-state index contributed by atoms with van der Waals surface area (Å²) in [7, 11) is 0. The van der Waals surface area contributed by atoms with Crippen LogP contribution in [0.2, 0.25) is 0 Å². The average Bonchev–Trinajstić information content (AvgIpc) is 2.32. The van der Waals surface area contributed by atoms with Gasteiger partial charge in [-0.25, -0.2) is 4.79 Å². The van der Waals surface area contributed by atoms with Gasteiger partial charge in [-0.3, -0.25) is 0 Å². The van der Waals surface area contributed by atoms with Crippen LogP contribution in [0.3, 0.4) is 0 Å². The predicted molar refractivity (Wildman–Crippen MR) is 51.6 cm³/mol. The lowest BCUT2D eigenvalue weighted by Gasteiger charge is -2.04. The van der Waals surface area contributed by atoms with Gasteiger partial charge in [-0.2, -0.15) is 0 Å². The van der Waals surface area contributed by atoms with Crippen LogP contribution >= 0.6 is 39.1 Å². The third-order valence-corrected chi connectivity index (χ3v) is 4.08. The molecule has 0 amide bonds. The molecule has 1 rings (SSSR count). The van der Waals surface area contributed by atoms with Gasteiger partial charge in [0.2, 0.25) is 0 Å². The summed E-state index contributed by atoms with van der Waals surface area (Å²) in [6.07, 6.45) is -0.922. The van der Waals surface area contributed by atoms with Crippen molar-refractivity contribution >= 4 is 45.3 Å². The summed E-state index contributed by atoms with van der Waals surface area (Å²) in [6.45, 7) is 2.07. The summed E-state index contributed by atoms with van der Waals surface area (Å²) in [5.74, 6) is 0. The summed E-state index contributed by atoms with van der Waals surface area (Å²) in [5.41, 5.74) is 0.135. The molecule has 0 aromatic carbocycles. The Kier molecular flexibility index (Phi) is 4.14. The quantitative estimate of drug-likeness (QED) is 0.725. The Labute approximate surface area is 88.8 Å². The molecule has 0 spiro atoms. The molecule has 1 aliphatic rings. The van der Waals surface area contributed by atoms with E-state index in [0.29, 0.717) is 0 Å². The van der Waals surface area contributed by atoms with Crippen LogP contribution in [-0.2, 0) is 0 Å². The van der Waals surface area contributed by atoms with Crippen molar-refractivity contribution in [2.75, 3.05) is 5.33 Å². The number of alkyl halides is 3. The molecule has 0 aromatic heterocycles. The van der Waals surface area contributed by atoms with E-state index in [1.54, 1.807) is 0 Å². The SMILES string of the molecule is CC1(CBr)CC1(Cl)Cl.O=C(O)O. The van der Waals surface area contributed by atoms with Crippen LogP contribution in [0.15, 0.2) is 0 Å². The Hall–Kier alpha value is 0.330. The van der Waals surface area contributed by atoms with Crippen LogP contribution in [0.25, 0.3) is 0 Å². The van der Waals surface area contributed by atoms with Crippen molar-refractivity contribution in [1.29, 1.82) is 0 Å². The van der Waals surface area contributed by atoms with Gasteiger partial charge in [0.05, 0.1) is 0 Å².